The first kappa shape index (κ1) is 29.1. The van der Waals surface area contributed by atoms with Crippen LogP contribution in [0.5, 0.6) is 0 Å². The molecule has 0 bridgehead atoms. The molecular weight excluding hydrogens is 420 g/mol. The Hall–Kier alpha value is -1.96. The maximum absolute atomic E-state index is 9.04. The lowest BCUT2D eigenvalue weighted by Gasteiger charge is -2.39. The third-order valence-electron chi connectivity index (χ3n) is 6.50. The number of ether oxygens (including phenoxy) is 1. The summed E-state index contributed by atoms with van der Waals surface area (Å²) in [5, 5.41) is 20.0. The predicted molar refractivity (Wildman–Crippen MR) is 128 cm³/mol. The van der Waals surface area contributed by atoms with Gasteiger partial charge in [-0.15, -0.1) is 0 Å². The van der Waals surface area contributed by atoms with Crippen molar-refractivity contribution in [2.45, 2.75) is 71.8 Å². The summed E-state index contributed by atoms with van der Waals surface area (Å²) >= 11 is 0. The van der Waals surface area contributed by atoms with E-state index in [-0.39, 0.29) is 5.60 Å². The molecule has 0 saturated carbocycles. The monoisotopic (exact) mass is 464 g/mol. The molecule has 2 rings (SSSR count). The Kier molecular flexibility index (Phi) is 13.3. The van der Waals surface area contributed by atoms with E-state index in [4.69, 9.17) is 24.5 Å². The molecule has 2 atom stereocenters. The van der Waals surface area contributed by atoms with Crippen LogP contribution in [0.1, 0.15) is 70.4 Å². The minimum atomic E-state index is -2.07. The molecule has 33 heavy (non-hydrogen) atoms. The van der Waals surface area contributed by atoms with Gasteiger partial charge in [-0.2, -0.15) is 0 Å². The van der Waals surface area contributed by atoms with Gasteiger partial charge in [-0.1, -0.05) is 29.8 Å². The zero-order valence-corrected chi connectivity index (χ0v) is 21.1. The lowest BCUT2D eigenvalue weighted by Crippen LogP contribution is -3.11. The standard InChI is InChI=1S/C24H42N2O.C2H2O4/c1-6-26(7-2)17-8-15-25-16-13-23(21-11-9-20(3)10-12-21)22-14-18-27-24(4,5)19-22;3-1(4)2(5)6/h9-12,22-23,25H,6-8,13-19H2,1-5H3;(H,3,4)(H,5,6). The summed E-state index contributed by atoms with van der Waals surface area (Å²) in [4.78, 5) is 19.7. The van der Waals surface area contributed by atoms with Crippen molar-refractivity contribution in [3.63, 3.8) is 0 Å². The number of nitrogens with one attached hydrogen (secondary N) is 2. The SMILES string of the molecule is CC[NH+](CC)CCCNCCC(c1ccc(C)cc1)C1CCOC(C)(C)C1.O=C([O-])C(=O)O. The molecule has 0 amide bonds. The molecule has 0 aromatic heterocycles. The highest BCUT2D eigenvalue weighted by atomic mass is 16.5. The number of aliphatic carboxylic acids is 2. The van der Waals surface area contributed by atoms with Crippen molar-refractivity contribution in [1.29, 1.82) is 0 Å². The largest absolute Gasteiger partial charge is 0.539 e. The van der Waals surface area contributed by atoms with Crippen molar-refractivity contribution < 1.29 is 29.4 Å². The van der Waals surface area contributed by atoms with E-state index >= 15 is 0 Å². The fraction of sp³-hybridized carbons (Fsp3) is 0.692. The van der Waals surface area contributed by atoms with Crippen molar-refractivity contribution in [3.05, 3.63) is 35.4 Å². The average Bonchev–Trinajstić information content (AvgIpc) is 2.76. The average molecular weight is 465 g/mol. The van der Waals surface area contributed by atoms with Gasteiger partial charge in [0.15, 0.2) is 5.97 Å². The molecule has 1 saturated heterocycles. The lowest BCUT2D eigenvalue weighted by atomic mass is 9.75. The topological polar surface area (TPSA) is 103 Å². The molecule has 1 aliphatic heterocycles. The van der Waals surface area contributed by atoms with Crippen LogP contribution in [-0.2, 0) is 14.3 Å². The predicted octanol–water partition coefficient (Wildman–Crippen LogP) is 1.40. The van der Waals surface area contributed by atoms with Crippen LogP contribution in [-0.4, -0.2) is 62.0 Å². The van der Waals surface area contributed by atoms with E-state index in [2.05, 4.69) is 64.2 Å². The van der Waals surface area contributed by atoms with Gasteiger partial charge in [-0.3, -0.25) is 0 Å². The second-order valence-electron chi connectivity index (χ2n) is 9.57. The van der Waals surface area contributed by atoms with Crippen LogP contribution in [0.25, 0.3) is 0 Å². The third-order valence-corrected chi connectivity index (χ3v) is 6.50. The fourth-order valence-electron chi connectivity index (χ4n) is 4.56. The Morgan fingerprint density at radius 3 is 2.33 bits per heavy atom. The lowest BCUT2D eigenvalue weighted by molar-refractivity contribution is -0.896. The highest BCUT2D eigenvalue weighted by Gasteiger charge is 2.33. The number of hydrogen-bond acceptors (Lipinski definition) is 5. The van der Waals surface area contributed by atoms with Crippen LogP contribution in [0.15, 0.2) is 24.3 Å². The van der Waals surface area contributed by atoms with Gasteiger partial charge in [0.1, 0.15) is 0 Å². The summed E-state index contributed by atoms with van der Waals surface area (Å²) in [7, 11) is 0. The van der Waals surface area contributed by atoms with Crippen molar-refractivity contribution in [2.75, 3.05) is 39.3 Å². The second-order valence-corrected chi connectivity index (χ2v) is 9.57. The first-order valence-corrected chi connectivity index (χ1v) is 12.3. The van der Waals surface area contributed by atoms with Gasteiger partial charge in [-0.05, 0) is 77.8 Å². The first-order valence-electron chi connectivity index (χ1n) is 12.3. The molecule has 1 heterocycles. The van der Waals surface area contributed by atoms with Gasteiger partial charge in [-0.25, -0.2) is 4.79 Å². The summed E-state index contributed by atoms with van der Waals surface area (Å²) in [6.07, 6.45) is 4.85. The van der Waals surface area contributed by atoms with E-state index in [1.807, 2.05) is 0 Å². The number of hydrogen-bond donors (Lipinski definition) is 3. The molecule has 0 spiro atoms. The van der Waals surface area contributed by atoms with Crippen LogP contribution in [0.2, 0.25) is 0 Å². The van der Waals surface area contributed by atoms with Gasteiger partial charge in [0, 0.05) is 19.6 Å². The van der Waals surface area contributed by atoms with E-state index in [1.54, 1.807) is 4.90 Å². The molecule has 1 aromatic carbocycles. The Morgan fingerprint density at radius 2 is 1.82 bits per heavy atom. The molecule has 3 N–H and O–H groups in total. The number of quaternary nitrogens is 1. The van der Waals surface area contributed by atoms with Crippen molar-refractivity contribution in [3.8, 4) is 0 Å². The highest BCUT2D eigenvalue weighted by molar-refractivity contribution is 6.26. The number of aryl methyl sites for hydroxylation is 1. The molecule has 0 radical (unpaired) electrons. The molecule has 188 valence electrons. The quantitative estimate of drug-likeness (QED) is 0.338. The molecule has 1 fully saturated rings. The highest BCUT2D eigenvalue weighted by Crippen LogP contribution is 2.39. The summed E-state index contributed by atoms with van der Waals surface area (Å²) in [6, 6.07) is 9.25. The molecule has 1 aliphatic rings. The van der Waals surface area contributed by atoms with E-state index in [0.29, 0.717) is 5.92 Å². The van der Waals surface area contributed by atoms with Crippen molar-refractivity contribution >= 4 is 11.9 Å². The molecule has 7 heteroatoms. The summed E-state index contributed by atoms with van der Waals surface area (Å²) in [5.41, 5.74) is 2.88. The van der Waals surface area contributed by atoms with Crippen molar-refractivity contribution in [2.24, 2.45) is 5.92 Å². The van der Waals surface area contributed by atoms with Crippen LogP contribution < -0.4 is 15.3 Å². The molecule has 7 nitrogen and oxygen atoms in total. The van der Waals surface area contributed by atoms with Crippen molar-refractivity contribution in [1.82, 2.24) is 5.32 Å². The maximum atomic E-state index is 9.04. The van der Waals surface area contributed by atoms with E-state index in [0.717, 1.165) is 32.0 Å². The number of benzene rings is 1. The second kappa shape index (κ2) is 15.0. The molecule has 1 aromatic rings. The number of carboxylic acids is 2. The van der Waals surface area contributed by atoms with Gasteiger partial charge < -0.3 is 30.0 Å². The molecular formula is C26H44N2O5. The van der Waals surface area contributed by atoms with Crippen LogP contribution in [0.3, 0.4) is 0 Å². The van der Waals surface area contributed by atoms with E-state index in [1.165, 1.54) is 50.0 Å². The van der Waals surface area contributed by atoms with Gasteiger partial charge in [0.2, 0.25) is 0 Å². The Labute approximate surface area is 199 Å². The number of carboxylic acid groups (broad SMARTS) is 2. The fourth-order valence-corrected chi connectivity index (χ4v) is 4.56. The van der Waals surface area contributed by atoms with Gasteiger partial charge in [0.25, 0.3) is 0 Å². The van der Waals surface area contributed by atoms with Crippen LogP contribution >= 0.6 is 0 Å². The zero-order chi connectivity index (χ0) is 24.9. The number of carbonyl (C=O) groups is 2. The maximum Gasteiger partial charge on any atom is 0.351 e. The summed E-state index contributed by atoms with van der Waals surface area (Å²) < 4.78 is 5.98. The summed E-state index contributed by atoms with van der Waals surface area (Å²) in [6.45, 7) is 18.2. The van der Waals surface area contributed by atoms with E-state index in [9.17, 15) is 0 Å². The summed E-state index contributed by atoms with van der Waals surface area (Å²) in [5.74, 6) is -2.65. The Morgan fingerprint density at radius 1 is 1.21 bits per heavy atom. The molecule has 0 aliphatic carbocycles. The Bertz CT molecular complexity index is 689. The minimum Gasteiger partial charge on any atom is -0.539 e. The van der Waals surface area contributed by atoms with Gasteiger partial charge >= 0.3 is 5.97 Å². The van der Waals surface area contributed by atoms with E-state index < -0.39 is 11.9 Å². The van der Waals surface area contributed by atoms with Crippen LogP contribution in [0, 0.1) is 12.8 Å². The Balaban J connectivity index is 0.000000801. The van der Waals surface area contributed by atoms with Gasteiger partial charge in [0.05, 0.1) is 25.2 Å². The number of carbonyl (C=O) groups excluding carboxylic acids is 1. The number of rotatable bonds is 11. The smallest absolute Gasteiger partial charge is 0.351 e. The zero-order valence-electron chi connectivity index (χ0n) is 21.1. The normalized spacial score (nSPS) is 18.3. The van der Waals surface area contributed by atoms with Crippen LogP contribution in [0.4, 0.5) is 0 Å². The minimum absolute atomic E-state index is 0.0197. The molecule has 2 unspecified atom stereocenters. The third kappa shape index (κ3) is 11.6. The first-order chi connectivity index (χ1) is 15.6.